The van der Waals surface area contributed by atoms with Crippen molar-refractivity contribution in [3.05, 3.63) is 30.1 Å². The number of nitrogens with zero attached hydrogens (tertiary/aromatic N) is 2. The molecule has 2 rings (SSSR count). The second-order valence-corrected chi connectivity index (χ2v) is 7.10. The maximum atomic E-state index is 13.0. The highest BCUT2D eigenvalue weighted by atomic mass is 32.2. The van der Waals surface area contributed by atoms with Gasteiger partial charge in [0.25, 0.3) is 0 Å². The van der Waals surface area contributed by atoms with E-state index in [2.05, 4.69) is 4.72 Å². The zero-order chi connectivity index (χ0) is 15.5. The minimum Gasteiger partial charge on any atom is -0.771 e. The fourth-order valence-electron chi connectivity index (χ4n) is 2.01. The molecule has 1 aliphatic rings. The molecule has 1 saturated heterocycles. The van der Waals surface area contributed by atoms with E-state index in [1.165, 1.54) is 22.5 Å². The first-order chi connectivity index (χ1) is 9.87. The predicted octanol–water partition coefficient (Wildman–Crippen LogP) is -0.0634. The van der Waals surface area contributed by atoms with Crippen LogP contribution in [0.4, 0.5) is 10.1 Å². The molecule has 10 heteroatoms. The number of piperazine rings is 1. The summed E-state index contributed by atoms with van der Waals surface area (Å²) in [5, 5.41) is 0. The van der Waals surface area contributed by atoms with E-state index in [1.807, 2.05) is 0 Å². The Morgan fingerprint density at radius 3 is 2.52 bits per heavy atom. The average Bonchev–Trinajstić information content (AvgIpc) is 2.38. The number of nitrogens with one attached hydrogen (secondary N) is 1. The van der Waals surface area contributed by atoms with Gasteiger partial charge in [-0.3, -0.25) is 13.8 Å². The van der Waals surface area contributed by atoms with Crippen molar-refractivity contribution in [2.75, 3.05) is 36.8 Å². The summed E-state index contributed by atoms with van der Waals surface area (Å²) in [6.07, 6.45) is 0. The summed E-state index contributed by atoms with van der Waals surface area (Å²) in [6.45, 7) is 1.03. The number of hydrogen-bond donors (Lipinski definition) is 1. The number of hydrogen-bond acceptors (Lipinski definition) is 5. The molecule has 0 amide bonds. The molecule has 0 radical (unpaired) electrons. The van der Waals surface area contributed by atoms with E-state index in [9.17, 15) is 21.6 Å². The van der Waals surface area contributed by atoms with Crippen LogP contribution in [-0.2, 0) is 21.3 Å². The Bertz CT molecular complexity index is 618. The van der Waals surface area contributed by atoms with E-state index in [1.54, 1.807) is 4.90 Å². The molecule has 1 aliphatic heterocycles. The number of anilines is 1. The van der Waals surface area contributed by atoms with Gasteiger partial charge in [-0.25, -0.2) is 4.39 Å². The van der Waals surface area contributed by atoms with E-state index in [4.69, 9.17) is 0 Å². The molecule has 0 spiro atoms. The van der Waals surface area contributed by atoms with Gasteiger partial charge in [-0.05, 0) is 29.3 Å². The van der Waals surface area contributed by atoms with Gasteiger partial charge in [0.2, 0.25) is 0 Å². The summed E-state index contributed by atoms with van der Waals surface area (Å²) >= 11 is -2.18. The topological polar surface area (TPSA) is 92.8 Å². The van der Waals surface area contributed by atoms with Crippen LogP contribution in [0.25, 0.3) is 0 Å². The lowest BCUT2D eigenvalue weighted by Crippen LogP contribution is -2.50. The number of halogens is 1. The third-order valence-electron chi connectivity index (χ3n) is 3.03. The van der Waals surface area contributed by atoms with Gasteiger partial charge in [-0.15, -0.1) is 0 Å². The summed E-state index contributed by atoms with van der Waals surface area (Å²) in [5.74, 6) is -0.636. The van der Waals surface area contributed by atoms with Crippen LogP contribution in [0.5, 0.6) is 0 Å². The first kappa shape index (κ1) is 16.3. The van der Waals surface area contributed by atoms with E-state index >= 15 is 0 Å². The normalized spacial score (nSPS) is 19.3. The largest absolute Gasteiger partial charge is 0.771 e. The van der Waals surface area contributed by atoms with E-state index < -0.39 is 27.1 Å². The lowest BCUT2D eigenvalue weighted by molar-refractivity contribution is 0.211. The van der Waals surface area contributed by atoms with Gasteiger partial charge in [-0.1, -0.05) is 6.07 Å². The predicted molar refractivity (Wildman–Crippen MR) is 75.9 cm³/mol. The van der Waals surface area contributed by atoms with Crippen LogP contribution < -0.4 is 4.72 Å². The van der Waals surface area contributed by atoms with Gasteiger partial charge in [0.1, 0.15) is 5.82 Å². The third-order valence-corrected chi connectivity index (χ3v) is 5.15. The van der Waals surface area contributed by atoms with E-state index in [0.29, 0.717) is 13.1 Å². The molecule has 21 heavy (non-hydrogen) atoms. The first-order valence-electron chi connectivity index (χ1n) is 6.18. The summed E-state index contributed by atoms with van der Waals surface area (Å²) in [4.78, 5) is 1.65. The Kier molecular flexibility index (Phi) is 5.27. The molecule has 0 bridgehead atoms. The summed E-state index contributed by atoms with van der Waals surface area (Å²) < 4.78 is 62.0. The van der Waals surface area contributed by atoms with Crippen LogP contribution in [0.3, 0.4) is 0 Å². The van der Waals surface area contributed by atoms with Crippen molar-refractivity contribution in [1.29, 1.82) is 0 Å². The maximum absolute atomic E-state index is 13.0. The zero-order valence-electron chi connectivity index (χ0n) is 11.1. The highest BCUT2D eigenvalue weighted by Gasteiger charge is 2.26. The van der Waals surface area contributed by atoms with Crippen molar-refractivity contribution in [2.45, 2.75) is 0 Å². The molecule has 1 fully saturated rings. The van der Waals surface area contributed by atoms with Crippen LogP contribution in [0.15, 0.2) is 24.3 Å². The highest BCUT2D eigenvalue weighted by Crippen LogP contribution is 2.14. The molecule has 0 saturated carbocycles. The van der Waals surface area contributed by atoms with Gasteiger partial charge < -0.3 is 4.55 Å². The Hall–Kier alpha value is -1.07. The van der Waals surface area contributed by atoms with Crippen molar-refractivity contribution in [3.63, 3.8) is 0 Å². The standard InChI is InChI=1S/C11H16FN3O4S2/c12-10-2-1-3-11(8-10)13-21(18,19)15-6-4-14(5-7-15)9-20(16)17/h1-3,8,13H,4-7,9H2,(H,16,17)/p-1. The summed E-state index contributed by atoms with van der Waals surface area (Å²) in [6, 6.07) is 5.18. The molecule has 7 nitrogen and oxygen atoms in total. The van der Waals surface area contributed by atoms with Crippen molar-refractivity contribution in [2.24, 2.45) is 0 Å². The van der Waals surface area contributed by atoms with Crippen molar-refractivity contribution in [3.8, 4) is 0 Å². The smallest absolute Gasteiger partial charge is 0.301 e. The van der Waals surface area contributed by atoms with Gasteiger partial charge in [0, 0.05) is 26.2 Å². The minimum atomic E-state index is -3.77. The molecule has 1 unspecified atom stereocenters. The van der Waals surface area contributed by atoms with Crippen molar-refractivity contribution >= 4 is 27.0 Å². The summed E-state index contributed by atoms with van der Waals surface area (Å²) in [7, 11) is -3.77. The lowest BCUT2D eigenvalue weighted by Gasteiger charge is -2.34. The zero-order valence-corrected chi connectivity index (χ0v) is 12.7. The van der Waals surface area contributed by atoms with Crippen LogP contribution in [0, 0.1) is 5.82 Å². The van der Waals surface area contributed by atoms with Gasteiger partial charge in [0.15, 0.2) is 0 Å². The van der Waals surface area contributed by atoms with Crippen LogP contribution in [0.1, 0.15) is 0 Å². The highest BCUT2D eigenvalue weighted by molar-refractivity contribution is 7.90. The Labute approximate surface area is 125 Å². The van der Waals surface area contributed by atoms with Gasteiger partial charge >= 0.3 is 10.2 Å². The molecule has 1 N–H and O–H groups in total. The van der Waals surface area contributed by atoms with Gasteiger partial charge in [-0.2, -0.15) is 12.7 Å². The van der Waals surface area contributed by atoms with Crippen molar-refractivity contribution < 1.29 is 21.6 Å². The average molecular weight is 336 g/mol. The van der Waals surface area contributed by atoms with Crippen LogP contribution in [-0.4, -0.2) is 58.4 Å². The first-order valence-corrected chi connectivity index (χ1v) is 8.87. The minimum absolute atomic E-state index is 0.106. The SMILES string of the molecule is O=S([O-])CN1CCN(S(=O)(=O)Nc2cccc(F)c2)CC1. The Morgan fingerprint density at radius 1 is 1.29 bits per heavy atom. The maximum Gasteiger partial charge on any atom is 0.301 e. The molecular weight excluding hydrogens is 321 g/mol. The molecule has 1 aromatic carbocycles. The molecular formula is C11H15FN3O4S2-. The molecule has 0 aliphatic carbocycles. The fourth-order valence-corrected chi connectivity index (χ4v) is 3.77. The molecule has 1 atom stereocenters. The molecule has 1 aromatic rings. The van der Waals surface area contributed by atoms with E-state index in [-0.39, 0.29) is 24.7 Å². The summed E-state index contributed by atoms with van der Waals surface area (Å²) in [5.41, 5.74) is 0.151. The lowest BCUT2D eigenvalue weighted by atomic mass is 10.3. The second-order valence-electron chi connectivity index (χ2n) is 4.57. The van der Waals surface area contributed by atoms with Crippen LogP contribution in [0.2, 0.25) is 0 Å². The van der Waals surface area contributed by atoms with Crippen LogP contribution >= 0.6 is 0 Å². The van der Waals surface area contributed by atoms with E-state index in [0.717, 1.165) is 6.07 Å². The Morgan fingerprint density at radius 2 is 1.95 bits per heavy atom. The quantitative estimate of drug-likeness (QED) is 0.760. The fraction of sp³-hybridized carbons (Fsp3) is 0.455. The Balaban J connectivity index is 1.97. The monoisotopic (exact) mass is 336 g/mol. The molecule has 0 aromatic heterocycles. The number of benzene rings is 1. The number of rotatable bonds is 5. The van der Waals surface area contributed by atoms with Crippen molar-refractivity contribution in [1.82, 2.24) is 9.21 Å². The van der Waals surface area contributed by atoms with Gasteiger partial charge in [0.05, 0.1) is 11.6 Å². The third kappa shape index (κ3) is 4.71. The molecule has 118 valence electrons. The second kappa shape index (κ2) is 6.79. The molecule has 1 heterocycles.